The van der Waals surface area contributed by atoms with Gasteiger partial charge >= 0.3 is 0 Å². The van der Waals surface area contributed by atoms with Gasteiger partial charge in [0.1, 0.15) is 11.5 Å². The summed E-state index contributed by atoms with van der Waals surface area (Å²) in [5, 5.41) is 13.3. The lowest BCUT2D eigenvalue weighted by atomic mass is 10.0. The number of amides is 1. The van der Waals surface area contributed by atoms with E-state index in [1.54, 1.807) is 18.0 Å². The van der Waals surface area contributed by atoms with Gasteiger partial charge in [-0.2, -0.15) is 0 Å². The molecular weight excluding hydrogens is 323 g/mol. The number of hydrogen-bond donors (Lipinski definition) is 2. The largest absolute Gasteiger partial charge is 0.505 e. The number of phenols is 1. The predicted molar refractivity (Wildman–Crippen MR) is 92.7 cm³/mol. The summed E-state index contributed by atoms with van der Waals surface area (Å²) >= 11 is 0. The molecule has 25 heavy (non-hydrogen) atoms. The minimum absolute atomic E-state index is 0.0119. The van der Waals surface area contributed by atoms with Crippen LogP contribution in [0.1, 0.15) is 16.1 Å². The van der Waals surface area contributed by atoms with Crippen molar-refractivity contribution < 1.29 is 14.3 Å². The van der Waals surface area contributed by atoms with E-state index in [1.165, 1.54) is 18.2 Å². The van der Waals surface area contributed by atoms with Gasteiger partial charge < -0.3 is 19.9 Å². The van der Waals surface area contributed by atoms with Gasteiger partial charge in [0.25, 0.3) is 5.91 Å². The van der Waals surface area contributed by atoms with Crippen LogP contribution in [0.3, 0.4) is 0 Å². The number of fused-ring (bicyclic) bond motifs is 3. The number of pyridine rings is 1. The van der Waals surface area contributed by atoms with Crippen molar-refractivity contribution in [2.45, 2.75) is 6.42 Å². The van der Waals surface area contributed by atoms with Gasteiger partial charge in [-0.15, -0.1) is 0 Å². The predicted octanol–water partition coefficient (Wildman–Crippen LogP) is 2.79. The number of carbonyl (C=O) groups excluding carboxylic acids is 1. The number of nitrogens with one attached hydrogen (secondary N) is 1. The number of anilines is 2. The van der Waals surface area contributed by atoms with Gasteiger partial charge in [-0.05, 0) is 24.3 Å². The second kappa shape index (κ2) is 5.47. The molecule has 0 atom stereocenters. The second-order valence-corrected chi connectivity index (χ2v) is 6.22. The van der Waals surface area contributed by atoms with Crippen molar-refractivity contribution in [3.63, 3.8) is 0 Å². The molecule has 128 valence electrons. The fourth-order valence-corrected chi connectivity index (χ4v) is 3.26. The molecule has 7 heteroatoms. The number of aryl methyl sites for hydroxylation is 1. The number of benzene rings is 1. The first kappa shape index (κ1) is 15.4. The Balaban J connectivity index is 1.77. The highest BCUT2D eigenvalue weighted by atomic mass is 19.1. The molecule has 0 bridgehead atoms. The maximum absolute atomic E-state index is 13.2. The molecular formula is C18H17FN4O2. The van der Waals surface area contributed by atoms with Crippen molar-refractivity contribution in [2.75, 3.05) is 18.9 Å². The maximum Gasteiger partial charge on any atom is 0.256 e. The van der Waals surface area contributed by atoms with Crippen LogP contribution in [0.25, 0.3) is 11.0 Å². The van der Waals surface area contributed by atoms with Crippen LogP contribution in [-0.2, 0) is 13.5 Å². The number of likely N-dealkylation sites (N-methyl/N-ethyl adjacent to an activating group) is 1. The summed E-state index contributed by atoms with van der Waals surface area (Å²) in [7, 11) is 3.70. The van der Waals surface area contributed by atoms with E-state index >= 15 is 0 Å². The SMILES string of the molecule is CN1CCc2c(c3ccc(Nc4ccc(F)c(O)c4)nc3n2C)C1=O. The van der Waals surface area contributed by atoms with Crippen LogP contribution in [0.2, 0.25) is 0 Å². The second-order valence-electron chi connectivity index (χ2n) is 6.22. The minimum Gasteiger partial charge on any atom is -0.505 e. The lowest BCUT2D eigenvalue weighted by Crippen LogP contribution is -2.34. The van der Waals surface area contributed by atoms with Crippen molar-refractivity contribution in [3.8, 4) is 5.75 Å². The lowest BCUT2D eigenvalue weighted by molar-refractivity contribution is 0.0781. The van der Waals surface area contributed by atoms with Crippen LogP contribution in [0, 0.1) is 5.82 Å². The summed E-state index contributed by atoms with van der Waals surface area (Å²) in [6.07, 6.45) is 0.791. The first-order valence-corrected chi connectivity index (χ1v) is 7.95. The highest BCUT2D eigenvalue weighted by Crippen LogP contribution is 2.30. The third-order valence-electron chi connectivity index (χ3n) is 4.62. The fourth-order valence-electron chi connectivity index (χ4n) is 3.26. The molecule has 1 aliphatic rings. The molecule has 0 fully saturated rings. The average molecular weight is 340 g/mol. The zero-order valence-electron chi connectivity index (χ0n) is 13.9. The Labute approximate surface area is 143 Å². The van der Waals surface area contributed by atoms with Gasteiger partial charge in [0.05, 0.1) is 5.56 Å². The first-order valence-electron chi connectivity index (χ1n) is 7.95. The molecule has 3 heterocycles. The Kier molecular flexibility index (Phi) is 3.38. The molecule has 1 aromatic carbocycles. The van der Waals surface area contributed by atoms with E-state index in [9.17, 15) is 14.3 Å². The zero-order chi connectivity index (χ0) is 17.7. The van der Waals surface area contributed by atoms with Gasteiger partial charge in [-0.3, -0.25) is 4.79 Å². The molecule has 4 rings (SSSR count). The molecule has 0 aliphatic carbocycles. The summed E-state index contributed by atoms with van der Waals surface area (Å²) in [5.41, 5.74) is 2.94. The molecule has 1 aliphatic heterocycles. The monoisotopic (exact) mass is 340 g/mol. The van der Waals surface area contributed by atoms with Crippen LogP contribution in [0.5, 0.6) is 5.75 Å². The molecule has 2 aromatic heterocycles. The maximum atomic E-state index is 13.2. The molecule has 0 spiro atoms. The lowest BCUT2D eigenvalue weighted by Gasteiger charge is -2.23. The summed E-state index contributed by atoms with van der Waals surface area (Å²) in [6, 6.07) is 7.64. The Morgan fingerprint density at radius 2 is 2.04 bits per heavy atom. The quantitative estimate of drug-likeness (QED) is 0.753. The number of aromatic nitrogens is 2. The number of carbonyl (C=O) groups is 1. The first-order chi connectivity index (χ1) is 12.0. The Bertz CT molecular complexity index is 1010. The highest BCUT2D eigenvalue weighted by Gasteiger charge is 2.28. The van der Waals surface area contributed by atoms with Crippen LogP contribution < -0.4 is 5.32 Å². The molecule has 6 nitrogen and oxygen atoms in total. The molecule has 3 aromatic rings. The smallest absolute Gasteiger partial charge is 0.256 e. The molecule has 0 saturated heterocycles. The van der Waals surface area contributed by atoms with E-state index in [4.69, 9.17) is 0 Å². The number of aromatic hydroxyl groups is 1. The van der Waals surface area contributed by atoms with Gasteiger partial charge in [0.15, 0.2) is 11.6 Å². The van der Waals surface area contributed by atoms with Crippen molar-refractivity contribution in [1.82, 2.24) is 14.5 Å². The van der Waals surface area contributed by atoms with Crippen molar-refractivity contribution in [2.24, 2.45) is 7.05 Å². The van der Waals surface area contributed by atoms with Crippen molar-refractivity contribution in [3.05, 3.63) is 47.4 Å². The molecule has 2 N–H and O–H groups in total. The number of hydrogen-bond acceptors (Lipinski definition) is 4. The summed E-state index contributed by atoms with van der Waals surface area (Å²) in [5.74, 6) is -0.532. The standard InChI is InChI=1S/C18H17FN4O2/c1-22-8-7-13-16(18(22)25)11-4-6-15(21-17(11)23(13)2)20-10-3-5-12(19)14(24)9-10/h3-6,9,24H,7-8H2,1-2H3,(H,20,21). The van der Waals surface area contributed by atoms with Crippen LogP contribution in [-0.4, -0.2) is 39.1 Å². The molecule has 0 saturated carbocycles. The van der Waals surface area contributed by atoms with E-state index in [0.29, 0.717) is 29.3 Å². The Hall–Kier alpha value is -3.09. The Morgan fingerprint density at radius 3 is 2.80 bits per heavy atom. The van der Waals surface area contributed by atoms with Gasteiger partial charge in [0, 0.05) is 49.9 Å². The third kappa shape index (κ3) is 2.39. The van der Waals surface area contributed by atoms with Crippen molar-refractivity contribution in [1.29, 1.82) is 0 Å². The van der Waals surface area contributed by atoms with Crippen LogP contribution in [0.4, 0.5) is 15.9 Å². The van der Waals surface area contributed by atoms with Gasteiger partial charge in [-0.1, -0.05) is 0 Å². The van der Waals surface area contributed by atoms with E-state index in [0.717, 1.165) is 17.5 Å². The normalized spacial score (nSPS) is 14.0. The van der Waals surface area contributed by atoms with E-state index in [-0.39, 0.29) is 5.91 Å². The fraction of sp³-hybridized carbons (Fsp3) is 0.222. The van der Waals surface area contributed by atoms with E-state index in [1.807, 2.05) is 17.7 Å². The summed E-state index contributed by atoms with van der Waals surface area (Å²) < 4.78 is 15.1. The third-order valence-corrected chi connectivity index (χ3v) is 4.62. The van der Waals surface area contributed by atoms with Crippen molar-refractivity contribution >= 4 is 28.4 Å². The number of rotatable bonds is 2. The molecule has 1 amide bonds. The molecule has 0 radical (unpaired) electrons. The van der Waals surface area contributed by atoms with Gasteiger partial charge in [0.2, 0.25) is 0 Å². The van der Waals surface area contributed by atoms with E-state index < -0.39 is 11.6 Å². The Morgan fingerprint density at radius 1 is 1.24 bits per heavy atom. The highest BCUT2D eigenvalue weighted by molar-refractivity contribution is 6.08. The van der Waals surface area contributed by atoms with Crippen LogP contribution in [0.15, 0.2) is 30.3 Å². The zero-order valence-corrected chi connectivity index (χ0v) is 13.9. The minimum atomic E-state index is -0.674. The van der Waals surface area contributed by atoms with E-state index in [2.05, 4.69) is 10.3 Å². The molecule has 0 unspecified atom stereocenters. The average Bonchev–Trinajstić information content (AvgIpc) is 2.87. The van der Waals surface area contributed by atoms with Crippen LogP contribution >= 0.6 is 0 Å². The van der Waals surface area contributed by atoms with Gasteiger partial charge in [-0.25, -0.2) is 9.37 Å². The number of phenolic OH excluding ortho intramolecular Hbond substituents is 1. The summed E-state index contributed by atoms with van der Waals surface area (Å²) in [4.78, 5) is 18.8. The number of nitrogens with zero attached hydrogens (tertiary/aromatic N) is 3. The topological polar surface area (TPSA) is 70.4 Å². The summed E-state index contributed by atoms with van der Waals surface area (Å²) in [6.45, 7) is 0.690. The number of halogens is 1.